The lowest BCUT2D eigenvalue weighted by Crippen LogP contribution is -2.52. The lowest BCUT2D eigenvalue weighted by atomic mass is 10.0. The molecule has 1 aliphatic heterocycles. The average molecular weight is 396 g/mol. The summed E-state index contributed by atoms with van der Waals surface area (Å²) < 4.78 is 13.2. The molecule has 0 bridgehead atoms. The maximum Gasteiger partial charge on any atom is 0.259 e. The van der Waals surface area contributed by atoms with Gasteiger partial charge < -0.3 is 19.0 Å². The second-order valence-electron chi connectivity index (χ2n) is 7.98. The molecule has 1 N–H and O–H groups in total. The Kier molecular flexibility index (Phi) is 5.43. The van der Waals surface area contributed by atoms with Gasteiger partial charge in [0.15, 0.2) is 0 Å². The smallest absolute Gasteiger partial charge is 0.259 e. The minimum absolute atomic E-state index is 0.0784. The van der Waals surface area contributed by atoms with Gasteiger partial charge in [0.05, 0.1) is 25.4 Å². The van der Waals surface area contributed by atoms with Crippen molar-refractivity contribution in [3.05, 3.63) is 47.0 Å². The number of hydrogen-bond acceptors (Lipinski definition) is 5. The third-order valence-corrected chi connectivity index (χ3v) is 5.51. The Balaban J connectivity index is 1.69. The van der Waals surface area contributed by atoms with Gasteiger partial charge >= 0.3 is 0 Å². The van der Waals surface area contributed by atoms with Crippen molar-refractivity contribution in [1.82, 2.24) is 19.4 Å². The van der Waals surface area contributed by atoms with Crippen LogP contribution in [0.1, 0.15) is 20.8 Å². The third-order valence-electron chi connectivity index (χ3n) is 5.51. The highest BCUT2D eigenvalue weighted by atomic mass is 16.5. The number of fused-ring (bicyclic) bond motifs is 1. The van der Waals surface area contributed by atoms with Crippen molar-refractivity contribution < 1.29 is 9.47 Å². The highest BCUT2D eigenvalue weighted by molar-refractivity contribution is 5.83. The van der Waals surface area contributed by atoms with Crippen molar-refractivity contribution in [2.45, 2.75) is 32.9 Å². The minimum atomic E-state index is -0.140. The van der Waals surface area contributed by atoms with Crippen molar-refractivity contribution in [3.63, 3.8) is 0 Å². The first-order chi connectivity index (χ1) is 14.0. The summed E-state index contributed by atoms with van der Waals surface area (Å²) in [6, 6.07) is 7.59. The molecular weight excluding hydrogens is 368 g/mol. The number of ether oxygens (including phenoxy) is 2. The summed E-state index contributed by atoms with van der Waals surface area (Å²) in [4.78, 5) is 22.7. The number of imidazole rings is 1. The lowest BCUT2D eigenvalue weighted by Gasteiger charge is -2.41. The second-order valence-corrected chi connectivity index (χ2v) is 7.98. The predicted octanol–water partition coefficient (Wildman–Crippen LogP) is 2.90. The molecule has 1 aliphatic rings. The monoisotopic (exact) mass is 396 g/mol. The van der Waals surface area contributed by atoms with Gasteiger partial charge in [-0.05, 0) is 45.0 Å². The molecule has 154 valence electrons. The molecule has 29 heavy (non-hydrogen) atoms. The summed E-state index contributed by atoms with van der Waals surface area (Å²) in [6.07, 6.45) is 3.70. The Hall–Kier alpha value is -2.64. The maximum absolute atomic E-state index is 12.8. The molecule has 2 aromatic heterocycles. The van der Waals surface area contributed by atoms with Crippen molar-refractivity contribution >= 4 is 10.9 Å². The molecule has 0 radical (unpaired) electrons. The number of aromatic nitrogens is 3. The van der Waals surface area contributed by atoms with Crippen LogP contribution in [0, 0.1) is 0 Å². The third kappa shape index (κ3) is 4.06. The van der Waals surface area contributed by atoms with E-state index >= 15 is 0 Å². The number of benzene rings is 1. The van der Waals surface area contributed by atoms with Crippen LogP contribution < -0.4 is 10.3 Å². The zero-order valence-corrected chi connectivity index (χ0v) is 17.3. The van der Waals surface area contributed by atoms with E-state index in [0.29, 0.717) is 18.0 Å². The average Bonchev–Trinajstić information content (AvgIpc) is 3.16. The van der Waals surface area contributed by atoms with E-state index < -0.39 is 0 Å². The molecule has 3 heterocycles. The first kappa shape index (κ1) is 19.7. The Labute approximate surface area is 170 Å². The van der Waals surface area contributed by atoms with Gasteiger partial charge in [-0.15, -0.1) is 0 Å². The summed E-state index contributed by atoms with van der Waals surface area (Å²) in [7, 11) is 0. The highest BCUT2D eigenvalue weighted by Gasteiger charge is 2.29. The van der Waals surface area contributed by atoms with E-state index in [0.717, 1.165) is 49.5 Å². The zero-order valence-electron chi connectivity index (χ0n) is 17.3. The maximum atomic E-state index is 12.8. The fraction of sp³-hybridized carbons (Fsp3) is 0.455. The topological polar surface area (TPSA) is 72.4 Å². The van der Waals surface area contributed by atoms with Gasteiger partial charge in [-0.2, -0.15) is 0 Å². The van der Waals surface area contributed by atoms with Crippen LogP contribution in [0.3, 0.4) is 0 Å². The normalized spacial score (nSPS) is 15.7. The van der Waals surface area contributed by atoms with Crippen molar-refractivity contribution in [2.75, 3.05) is 32.9 Å². The van der Waals surface area contributed by atoms with Gasteiger partial charge in [0, 0.05) is 48.5 Å². The molecule has 7 nitrogen and oxygen atoms in total. The number of hydrogen-bond donors (Lipinski definition) is 1. The second kappa shape index (κ2) is 8.00. The summed E-state index contributed by atoms with van der Waals surface area (Å²) in [5.74, 6) is 1.46. The largest absolute Gasteiger partial charge is 0.494 e. The van der Waals surface area contributed by atoms with Crippen LogP contribution in [0.5, 0.6) is 5.75 Å². The van der Waals surface area contributed by atoms with Crippen molar-refractivity contribution in [2.24, 2.45) is 0 Å². The molecule has 0 unspecified atom stereocenters. The van der Waals surface area contributed by atoms with Crippen LogP contribution in [0.25, 0.3) is 22.3 Å². The molecule has 1 fully saturated rings. The summed E-state index contributed by atoms with van der Waals surface area (Å²) in [5.41, 5.74) is 1.13. The molecule has 0 saturated carbocycles. The van der Waals surface area contributed by atoms with E-state index in [1.807, 2.05) is 37.4 Å². The van der Waals surface area contributed by atoms with Crippen molar-refractivity contribution in [3.8, 4) is 17.1 Å². The Morgan fingerprint density at radius 1 is 1.24 bits per heavy atom. The van der Waals surface area contributed by atoms with Gasteiger partial charge in [-0.3, -0.25) is 9.69 Å². The van der Waals surface area contributed by atoms with E-state index in [2.05, 4.69) is 33.3 Å². The van der Waals surface area contributed by atoms with Crippen LogP contribution in [0.2, 0.25) is 0 Å². The first-order valence-corrected chi connectivity index (χ1v) is 10.1. The SMILES string of the molecule is CCOc1ccc2[nH]c(=O)c(-c3nccn3CC(C)(C)N3CCOCC3)cc2c1. The quantitative estimate of drug-likeness (QED) is 0.694. The minimum Gasteiger partial charge on any atom is -0.494 e. The Morgan fingerprint density at radius 2 is 2.03 bits per heavy atom. The number of nitrogens with one attached hydrogen (secondary N) is 1. The van der Waals surface area contributed by atoms with E-state index in [1.165, 1.54) is 0 Å². The number of H-pyrrole nitrogens is 1. The number of pyridine rings is 1. The van der Waals surface area contributed by atoms with Gasteiger partial charge in [0.1, 0.15) is 11.6 Å². The van der Waals surface area contributed by atoms with Gasteiger partial charge in [-0.1, -0.05) is 0 Å². The van der Waals surface area contributed by atoms with Crippen LogP contribution in [0.15, 0.2) is 41.5 Å². The Bertz CT molecular complexity index is 1050. The van der Waals surface area contributed by atoms with Gasteiger partial charge in [0.2, 0.25) is 0 Å². The van der Waals surface area contributed by atoms with E-state index in [9.17, 15) is 4.79 Å². The summed E-state index contributed by atoms with van der Waals surface area (Å²) in [6.45, 7) is 11.1. The molecule has 0 aliphatic carbocycles. The summed E-state index contributed by atoms with van der Waals surface area (Å²) in [5, 5.41) is 0.924. The number of nitrogens with zero attached hydrogens (tertiary/aromatic N) is 3. The van der Waals surface area contributed by atoms with E-state index in [1.54, 1.807) is 6.20 Å². The van der Waals surface area contributed by atoms with Gasteiger partial charge in [-0.25, -0.2) is 4.98 Å². The molecule has 1 saturated heterocycles. The fourth-order valence-electron chi connectivity index (χ4n) is 3.97. The molecule has 1 aromatic carbocycles. The standard InChI is InChI=1S/C22H28N4O3/c1-4-29-17-5-6-19-16(13-17)14-18(21(27)24-19)20-23-7-8-25(20)15-22(2,3)26-9-11-28-12-10-26/h5-8,13-14H,4,9-12,15H2,1-3H3,(H,24,27). The molecule has 0 amide bonds. The molecule has 0 spiro atoms. The molecule has 4 rings (SSSR count). The van der Waals surface area contributed by atoms with Crippen LogP contribution in [-0.4, -0.2) is 57.9 Å². The molecule has 3 aromatic rings. The van der Waals surface area contributed by atoms with Crippen LogP contribution in [-0.2, 0) is 11.3 Å². The molecular formula is C22H28N4O3. The van der Waals surface area contributed by atoms with Crippen molar-refractivity contribution in [1.29, 1.82) is 0 Å². The predicted molar refractivity (Wildman–Crippen MR) is 113 cm³/mol. The summed E-state index contributed by atoms with van der Waals surface area (Å²) >= 11 is 0. The first-order valence-electron chi connectivity index (χ1n) is 10.1. The zero-order chi connectivity index (χ0) is 20.4. The van der Waals surface area contributed by atoms with E-state index in [-0.39, 0.29) is 11.1 Å². The fourth-order valence-corrected chi connectivity index (χ4v) is 3.97. The molecule has 0 atom stereocenters. The van der Waals surface area contributed by atoms with Crippen LogP contribution >= 0.6 is 0 Å². The molecule has 7 heteroatoms. The van der Waals surface area contributed by atoms with Gasteiger partial charge in [0.25, 0.3) is 5.56 Å². The lowest BCUT2D eigenvalue weighted by molar-refractivity contribution is -0.0155. The highest BCUT2D eigenvalue weighted by Crippen LogP contribution is 2.25. The number of morpholine rings is 1. The number of rotatable bonds is 6. The Morgan fingerprint density at radius 3 is 2.79 bits per heavy atom. The van der Waals surface area contributed by atoms with E-state index in [4.69, 9.17) is 9.47 Å². The number of aromatic amines is 1. The van der Waals surface area contributed by atoms with Crippen LogP contribution in [0.4, 0.5) is 0 Å².